The number of carboxylic acid groups (broad SMARTS) is 1. The van der Waals surface area contributed by atoms with E-state index in [2.05, 4.69) is 0 Å². The van der Waals surface area contributed by atoms with Crippen LogP contribution in [0.25, 0.3) is 0 Å². The van der Waals surface area contributed by atoms with Gasteiger partial charge >= 0.3 is 12.1 Å². The fourth-order valence-corrected chi connectivity index (χ4v) is 5.47. The second kappa shape index (κ2) is 11.0. The van der Waals surface area contributed by atoms with Gasteiger partial charge in [-0.2, -0.15) is 13.2 Å². The molecule has 2 aromatic rings. The van der Waals surface area contributed by atoms with Crippen molar-refractivity contribution in [3.63, 3.8) is 0 Å². The molecule has 1 saturated heterocycles. The van der Waals surface area contributed by atoms with E-state index in [1.165, 1.54) is 11.8 Å². The van der Waals surface area contributed by atoms with Gasteiger partial charge in [-0.15, -0.1) is 0 Å². The highest BCUT2D eigenvalue weighted by Crippen LogP contribution is 2.52. The number of hydrogen-bond acceptors (Lipinski definition) is 3. The SMILES string of the molecule is CCC(CC(O)C(F)(F)F)N1C(=O)[C@@](C)(CC(=O)O)CC(c2cccc(Cl)c2)C1c1ccc(Cl)cc1. The lowest BCUT2D eigenvalue weighted by molar-refractivity contribution is -0.211. The number of piperidine rings is 1. The number of alkyl halides is 3. The molecular formula is C26H28Cl2F3NO4. The van der Waals surface area contributed by atoms with Crippen LogP contribution in [0.3, 0.4) is 0 Å². The lowest BCUT2D eigenvalue weighted by Gasteiger charge is -2.52. The highest BCUT2D eigenvalue weighted by molar-refractivity contribution is 6.30. The summed E-state index contributed by atoms with van der Waals surface area (Å²) in [6.07, 6.45) is -8.47. The normalized spacial score (nSPS) is 24.4. The fourth-order valence-electron chi connectivity index (χ4n) is 5.15. The van der Waals surface area contributed by atoms with E-state index in [4.69, 9.17) is 23.2 Å². The van der Waals surface area contributed by atoms with E-state index < -0.39 is 60.4 Å². The molecule has 36 heavy (non-hydrogen) atoms. The number of aliphatic carboxylic acids is 1. The number of rotatable bonds is 8. The van der Waals surface area contributed by atoms with Crippen molar-refractivity contribution in [3.8, 4) is 0 Å². The van der Waals surface area contributed by atoms with E-state index >= 15 is 0 Å². The molecule has 3 rings (SSSR count). The Bertz CT molecular complexity index is 1100. The second-order valence-electron chi connectivity index (χ2n) is 9.56. The Balaban J connectivity index is 2.23. The number of aliphatic hydroxyl groups excluding tert-OH is 1. The van der Waals surface area contributed by atoms with Gasteiger partial charge in [0.25, 0.3) is 0 Å². The molecule has 4 unspecified atom stereocenters. The molecule has 0 bridgehead atoms. The van der Waals surface area contributed by atoms with E-state index in [0.29, 0.717) is 15.6 Å². The van der Waals surface area contributed by atoms with Gasteiger partial charge in [0.05, 0.1) is 17.9 Å². The third kappa shape index (κ3) is 6.15. The minimum absolute atomic E-state index is 0.119. The number of benzene rings is 2. The summed E-state index contributed by atoms with van der Waals surface area (Å²) < 4.78 is 40.0. The molecule has 5 atom stereocenters. The maximum absolute atomic E-state index is 14.0. The van der Waals surface area contributed by atoms with Crippen LogP contribution in [0.1, 0.15) is 62.6 Å². The van der Waals surface area contributed by atoms with Crippen LogP contribution >= 0.6 is 23.2 Å². The number of carboxylic acids is 1. The number of hydrogen-bond donors (Lipinski definition) is 2. The lowest BCUT2D eigenvalue weighted by atomic mass is 9.67. The Hall–Kier alpha value is -2.29. The zero-order chi connectivity index (χ0) is 26.8. The van der Waals surface area contributed by atoms with Gasteiger partial charge in [-0.05, 0) is 48.2 Å². The molecule has 1 fully saturated rings. The minimum atomic E-state index is -4.86. The van der Waals surface area contributed by atoms with E-state index in [1.807, 2.05) is 0 Å². The number of carbonyl (C=O) groups is 2. The highest BCUT2D eigenvalue weighted by Gasteiger charge is 2.53. The van der Waals surface area contributed by atoms with Gasteiger partial charge in [0, 0.05) is 28.4 Å². The second-order valence-corrected chi connectivity index (χ2v) is 10.4. The van der Waals surface area contributed by atoms with Crippen LogP contribution < -0.4 is 0 Å². The summed E-state index contributed by atoms with van der Waals surface area (Å²) in [5.74, 6) is -2.24. The first-order valence-electron chi connectivity index (χ1n) is 11.6. The van der Waals surface area contributed by atoms with Crippen molar-refractivity contribution in [2.75, 3.05) is 0 Å². The maximum Gasteiger partial charge on any atom is 0.414 e. The highest BCUT2D eigenvalue weighted by atomic mass is 35.5. The van der Waals surface area contributed by atoms with E-state index in [0.717, 1.165) is 5.56 Å². The third-order valence-corrected chi connectivity index (χ3v) is 7.36. The zero-order valence-corrected chi connectivity index (χ0v) is 21.3. The van der Waals surface area contributed by atoms with Crippen molar-refractivity contribution in [2.45, 2.75) is 69.8 Å². The Morgan fingerprint density at radius 1 is 1.14 bits per heavy atom. The van der Waals surface area contributed by atoms with Crippen LogP contribution in [0.15, 0.2) is 48.5 Å². The third-order valence-electron chi connectivity index (χ3n) is 6.87. The molecule has 0 aliphatic carbocycles. The molecule has 0 aromatic heterocycles. The van der Waals surface area contributed by atoms with Crippen LogP contribution in [0.5, 0.6) is 0 Å². The maximum atomic E-state index is 14.0. The minimum Gasteiger partial charge on any atom is -0.481 e. The van der Waals surface area contributed by atoms with Crippen LogP contribution in [-0.4, -0.2) is 45.3 Å². The average molecular weight is 546 g/mol. The number of halogens is 5. The summed E-state index contributed by atoms with van der Waals surface area (Å²) in [5, 5.41) is 20.4. The van der Waals surface area contributed by atoms with Crippen LogP contribution in [0.2, 0.25) is 10.0 Å². The molecule has 0 spiro atoms. The van der Waals surface area contributed by atoms with Gasteiger partial charge in [-0.3, -0.25) is 9.59 Å². The Kier molecular flexibility index (Phi) is 8.63. The predicted octanol–water partition coefficient (Wildman–Crippen LogP) is 6.62. The first kappa shape index (κ1) is 28.3. The van der Waals surface area contributed by atoms with Crippen molar-refractivity contribution in [1.82, 2.24) is 4.90 Å². The summed E-state index contributed by atoms with van der Waals surface area (Å²) >= 11 is 12.3. The quantitative estimate of drug-likeness (QED) is 0.390. The first-order valence-corrected chi connectivity index (χ1v) is 12.3. The van der Waals surface area contributed by atoms with Crippen molar-refractivity contribution in [3.05, 3.63) is 69.7 Å². The lowest BCUT2D eigenvalue weighted by Crippen LogP contribution is -2.57. The Morgan fingerprint density at radius 2 is 1.78 bits per heavy atom. The van der Waals surface area contributed by atoms with Crippen molar-refractivity contribution in [2.24, 2.45) is 5.41 Å². The summed E-state index contributed by atoms with van der Waals surface area (Å²) in [6.45, 7) is 3.16. The summed E-state index contributed by atoms with van der Waals surface area (Å²) in [4.78, 5) is 27.1. The Morgan fingerprint density at radius 3 is 2.31 bits per heavy atom. The molecule has 196 valence electrons. The molecule has 2 N–H and O–H groups in total. The summed E-state index contributed by atoms with van der Waals surface area (Å²) in [7, 11) is 0. The molecule has 1 aliphatic heterocycles. The molecule has 2 aromatic carbocycles. The standard InChI is InChI=1S/C26H28Cl2F3NO4/c1-3-19(12-21(33)26(29,30)31)32-23(15-7-9-17(27)10-8-15)20(16-5-4-6-18(28)11-16)13-25(2,24(32)36)14-22(34)35/h4-11,19-21,23,33H,3,12-14H2,1-2H3,(H,34,35)/t19?,20?,21?,23?,25-/m1/s1. The first-order chi connectivity index (χ1) is 16.8. The van der Waals surface area contributed by atoms with E-state index in [-0.39, 0.29) is 12.8 Å². The van der Waals surface area contributed by atoms with Gasteiger partial charge in [0.15, 0.2) is 6.10 Å². The summed E-state index contributed by atoms with van der Waals surface area (Å²) in [5.41, 5.74) is -0.0314. The average Bonchev–Trinajstić information content (AvgIpc) is 2.78. The molecule has 0 saturated carbocycles. The van der Waals surface area contributed by atoms with Gasteiger partial charge in [-0.1, -0.05) is 61.3 Å². The van der Waals surface area contributed by atoms with E-state index in [1.54, 1.807) is 55.5 Å². The summed E-state index contributed by atoms with van der Waals surface area (Å²) in [6, 6.07) is 11.9. The van der Waals surface area contributed by atoms with Crippen molar-refractivity contribution < 1.29 is 33.0 Å². The molecule has 10 heteroatoms. The van der Waals surface area contributed by atoms with Crippen LogP contribution in [-0.2, 0) is 9.59 Å². The molecule has 1 heterocycles. The molecule has 0 radical (unpaired) electrons. The van der Waals surface area contributed by atoms with Gasteiger partial charge in [-0.25, -0.2) is 0 Å². The zero-order valence-electron chi connectivity index (χ0n) is 19.8. The topological polar surface area (TPSA) is 77.8 Å². The van der Waals surface area contributed by atoms with Crippen LogP contribution in [0, 0.1) is 5.41 Å². The number of nitrogens with zero attached hydrogens (tertiary/aromatic N) is 1. The molecule has 5 nitrogen and oxygen atoms in total. The van der Waals surface area contributed by atoms with Gasteiger partial charge < -0.3 is 15.1 Å². The van der Waals surface area contributed by atoms with Gasteiger partial charge in [0.1, 0.15) is 0 Å². The number of carbonyl (C=O) groups excluding carboxylic acids is 1. The van der Waals surface area contributed by atoms with Crippen molar-refractivity contribution in [1.29, 1.82) is 0 Å². The molecular weight excluding hydrogens is 518 g/mol. The smallest absolute Gasteiger partial charge is 0.414 e. The number of aliphatic hydroxyl groups is 1. The molecule has 1 aliphatic rings. The Labute approximate surface area is 217 Å². The van der Waals surface area contributed by atoms with Crippen molar-refractivity contribution >= 4 is 35.1 Å². The van der Waals surface area contributed by atoms with Crippen LogP contribution in [0.4, 0.5) is 13.2 Å². The monoisotopic (exact) mass is 545 g/mol. The predicted molar refractivity (Wildman–Crippen MR) is 131 cm³/mol. The number of amides is 1. The van der Waals surface area contributed by atoms with Gasteiger partial charge in [0.2, 0.25) is 5.91 Å². The largest absolute Gasteiger partial charge is 0.481 e. The number of likely N-dealkylation sites (tertiary alicyclic amines) is 1. The fraction of sp³-hybridized carbons (Fsp3) is 0.462. The molecule has 1 amide bonds. The van der Waals surface area contributed by atoms with E-state index in [9.17, 15) is 33.0 Å².